The molecule has 1 atom stereocenters. The van der Waals surface area contributed by atoms with E-state index in [-0.39, 0.29) is 5.41 Å². The zero-order valence-electron chi connectivity index (χ0n) is 15.3. The molecule has 130 valence electrons. The molecule has 3 heterocycles. The van der Waals surface area contributed by atoms with E-state index in [9.17, 15) is 0 Å². The number of rotatable bonds is 4. The van der Waals surface area contributed by atoms with Crippen molar-refractivity contribution < 1.29 is 4.74 Å². The topological polar surface area (TPSA) is 56.1 Å². The Labute approximate surface area is 143 Å². The van der Waals surface area contributed by atoms with E-state index in [2.05, 4.69) is 48.0 Å². The lowest BCUT2D eigenvalue weighted by molar-refractivity contribution is 0.181. The maximum atomic E-state index is 5.31. The fourth-order valence-corrected chi connectivity index (χ4v) is 3.19. The highest BCUT2D eigenvalue weighted by Gasteiger charge is 2.30. The van der Waals surface area contributed by atoms with E-state index in [1.54, 1.807) is 7.11 Å². The number of methoxy groups -OCH3 is 1. The fraction of sp³-hybridized carbons (Fsp3) is 0.611. The molecule has 6 heteroatoms. The molecular weight excluding hydrogens is 302 g/mol. The van der Waals surface area contributed by atoms with Crippen LogP contribution in [0.25, 0.3) is 0 Å². The molecular formula is C18H27N5O. The molecule has 1 aliphatic rings. The second-order valence-corrected chi connectivity index (χ2v) is 7.52. The molecule has 0 aromatic carbocycles. The summed E-state index contributed by atoms with van der Waals surface area (Å²) in [5, 5.41) is 4.33. The molecule has 0 N–H and O–H groups in total. The van der Waals surface area contributed by atoms with Crippen LogP contribution in [0, 0.1) is 0 Å². The number of hydrogen-bond donors (Lipinski definition) is 0. The summed E-state index contributed by atoms with van der Waals surface area (Å²) in [7, 11) is 3.66. The van der Waals surface area contributed by atoms with Gasteiger partial charge in [-0.15, -0.1) is 0 Å². The molecule has 0 saturated carbocycles. The Balaban J connectivity index is 1.99. The summed E-state index contributed by atoms with van der Waals surface area (Å²) >= 11 is 0. The Morgan fingerprint density at radius 2 is 2.08 bits per heavy atom. The van der Waals surface area contributed by atoms with Gasteiger partial charge in [-0.1, -0.05) is 20.8 Å². The van der Waals surface area contributed by atoms with Crippen molar-refractivity contribution in [2.24, 2.45) is 7.05 Å². The predicted octanol–water partition coefficient (Wildman–Crippen LogP) is 3.00. The maximum absolute atomic E-state index is 5.31. The summed E-state index contributed by atoms with van der Waals surface area (Å²) in [6, 6.07) is 2.39. The highest BCUT2D eigenvalue weighted by molar-refractivity contribution is 5.45. The van der Waals surface area contributed by atoms with E-state index in [1.165, 1.54) is 5.56 Å². The van der Waals surface area contributed by atoms with Gasteiger partial charge in [-0.05, 0) is 12.8 Å². The van der Waals surface area contributed by atoms with Crippen LogP contribution in [-0.2, 0) is 23.8 Å². The van der Waals surface area contributed by atoms with Crippen molar-refractivity contribution in [3.8, 4) is 0 Å². The number of ether oxygens (including phenoxy) is 1. The summed E-state index contributed by atoms with van der Waals surface area (Å²) in [5.41, 5.74) is 2.09. The molecule has 0 spiro atoms. The van der Waals surface area contributed by atoms with Crippen LogP contribution in [0.1, 0.15) is 56.7 Å². The number of hydrogen-bond acceptors (Lipinski definition) is 5. The summed E-state index contributed by atoms with van der Waals surface area (Å²) < 4.78 is 7.17. The molecule has 0 bridgehead atoms. The van der Waals surface area contributed by atoms with Gasteiger partial charge in [-0.3, -0.25) is 4.68 Å². The van der Waals surface area contributed by atoms with E-state index in [0.29, 0.717) is 12.6 Å². The average molecular weight is 329 g/mol. The third-order valence-corrected chi connectivity index (χ3v) is 4.39. The molecule has 1 fully saturated rings. The first kappa shape index (κ1) is 16.9. The Morgan fingerprint density at radius 3 is 2.71 bits per heavy atom. The molecule has 1 unspecified atom stereocenters. The van der Waals surface area contributed by atoms with E-state index >= 15 is 0 Å². The molecule has 2 aromatic heterocycles. The van der Waals surface area contributed by atoms with Gasteiger partial charge in [0.15, 0.2) is 0 Å². The van der Waals surface area contributed by atoms with E-state index < -0.39 is 0 Å². The third kappa shape index (κ3) is 3.43. The number of aryl methyl sites for hydroxylation is 1. The van der Waals surface area contributed by atoms with Crippen LogP contribution in [0.5, 0.6) is 0 Å². The second kappa shape index (κ2) is 6.51. The van der Waals surface area contributed by atoms with Crippen LogP contribution >= 0.6 is 0 Å². The van der Waals surface area contributed by atoms with Gasteiger partial charge < -0.3 is 9.64 Å². The number of aromatic nitrogens is 4. The van der Waals surface area contributed by atoms with Crippen molar-refractivity contribution in [3.63, 3.8) is 0 Å². The first-order valence-corrected chi connectivity index (χ1v) is 8.51. The van der Waals surface area contributed by atoms with Crippen molar-refractivity contribution in [1.82, 2.24) is 19.7 Å². The fourth-order valence-electron chi connectivity index (χ4n) is 3.19. The van der Waals surface area contributed by atoms with Crippen molar-refractivity contribution >= 4 is 5.82 Å². The van der Waals surface area contributed by atoms with Gasteiger partial charge >= 0.3 is 0 Å². The van der Waals surface area contributed by atoms with Crippen LogP contribution in [0.3, 0.4) is 0 Å². The van der Waals surface area contributed by atoms with E-state index in [4.69, 9.17) is 9.72 Å². The molecule has 2 aromatic rings. The van der Waals surface area contributed by atoms with Crippen LogP contribution in [0.15, 0.2) is 18.5 Å². The summed E-state index contributed by atoms with van der Waals surface area (Å²) in [6.45, 7) is 7.94. The molecule has 0 amide bonds. The minimum Gasteiger partial charge on any atom is -0.378 e. The van der Waals surface area contributed by atoms with Gasteiger partial charge in [0.05, 0.1) is 24.5 Å². The van der Waals surface area contributed by atoms with E-state index in [0.717, 1.165) is 36.7 Å². The summed E-state index contributed by atoms with van der Waals surface area (Å²) in [4.78, 5) is 12.0. The highest BCUT2D eigenvalue weighted by atomic mass is 16.5. The standard InChI is InChI=1S/C18H27N5O/c1-18(2,3)17-20-14(12-24-5)9-16(21-17)23-8-6-7-15(23)13-10-19-22(4)11-13/h9-11,15H,6-8,12H2,1-5H3. The highest BCUT2D eigenvalue weighted by Crippen LogP contribution is 2.36. The van der Waals surface area contributed by atoms with Crippen LogP contribution in [0.2, 0.25) is 0 Å². The lowest BCUT2D eigenvalue weighted by Gasteiger charge is -2.27. The average Bonchev–Trinajstić information content (AvgIpc) is 3.14. The van der Waals surface area contributed by atoms with Gasteiger partial charge in [-0.2, -0.15) is 5.10 Å². The second-order valence-electron chi connectivity index (χ2n) is 7.52. The zero-order chi connectivity index (χ0) is 17.3. The minimum absolute atomic E-state index is 0.0952. The molecule has 0 aliphatic carbocycles. The van der Waals surface area contributed by atoms with E-state index in [1.807, 2.05) is 17.9 Å². The van der Waals surface area contributed by atoms with Crippen LogP contribution in [-0.4, -0.2) is 33.4 Å². The monoisotopic (exact) mass is 329 g/mol. The first-order valence-electron chi connectivity index (χ1n) is 8.51. The van der Waals surface area contributed by atoms with Gasteiger partial charge in [0.2, 0.25) is 0 Å². The Bertz CT molecular complexity index is 704. The molecule has 0 radical (unpaired) electrons. The van der Waals surface area contributed by atoms with Crippen molar-refractivity contribution in [2.75, 3.05) is 18.6 Å². The molecule has 1 saturated heterocycles. The van der Waals surface area contributed by atoms with Crippen LogP contribution < -0.4 is 4.90 Å². The Morgan fingerprint density at radius 1 is 1.29 bits per heavy atom. The van der Waals surface area contributed by atoms with Crippen LogP contribution in [0.4, 0.5) is 5.82 Å². The SMILES string of the molecule is COCc1cc(N2CCCC2c2cnn(C)c2)nc(C(C)(C)C)n1. The summed E-state index contributed by atoms with van der Waals surface area (Å²) in [5.74, 6) is 1.86. The third-order valence-electron chi connectivity index (χ3n) is 4.39. The van der Waals surface area contributed by atoms with Gasteiger partial charge in [0.25, 0.3) is 0 Å². The first-order chi connectivity index (χ1) is 11.4. The lowest BCUT2D eigenvalue weighted by atomic mass is 9.95. The Kier molecular flexibility index (Phi) is 4.58. The van der Waals surface area contributed by atoms with Gasteiger partial charge in [0, 0.05) is 43.9 Å². The number of anilines is 1. The van der Waals surface area contributed by atoms with Crippen molar-refractivity contribution in [2.45, 2.75) is 51.7 Å². The molecule has 6 nitrogen and oxygen atoms in total. The van der Waals surface area contributed by atoms with Gasteiger partial charge in [0.1, 0.15) is 11.6 Å². The maximum Gasteiger partial charge on any atom is 0.136 e. The lowest BCUT2D eigenvalue weighted by Crippen LogP contribution is -2.26. The minimum atomic E-state index is -0.0952. The largest absolute Gasteiger partial charge is 0.378 e. The van der Waals surface area contributed by atoms with Gasteiger partial charge in [-0.25, -0.2) is 9.97 Å². The summed E-state index contributed by atoms with van der Waals surface area (Å²) in [6.07, 6.45) is 6.35. The normalized spacial score (nSPS) is 18.4. The predicted molar refractivity (Wildman–Crippen MR) is 94.0 cm³/mol. The smallest absolute Gasteiger partial charge is 0.136 e. The van der Waals surface area contributed by atoms with Crippen molar-refractivity contribution in [3.05, 3.63) is 35.5 Å². The molecule has 3 rings (SSSR count). The zero-order valence-corrected chi connectivity index (χ0v) is 15.3. The molecule has 24 heavy (non-hydrogen) atoms. The van der Waals surface area contributed by atoms with Crippen molar-refractivity contribution in [1.29, 1.82) is 0 Å². The Hall–Kier alpha value is -1.95. The number of nitrogens with zero attached hydrogens (tertiary/aromatic N) is 5. The quantitative estimate of drug-likeness (QED) is 0.863. The molecule has 1 aliphatic heterocycles.